The molecule has 2 rings (SSSR count). The lowest BCUT2D eigenvalue weighted by atomic mass is 10.1. The van der Waals surface area contributed by atoms with Crippen molar-refractivity contribution < 1.29 is 9.59 Å². The van der Waals surface area contributed by atoms with E-state index in [0.717, 1.165) is 31.5 Å². The van der Waals surface area contributed by atoms with Crippen molar-refractivity contribution in [2.75, 3.05) is 18.4 Å². The highest BCUT2D eigenvalue weighted by Gasteiger charge is 2.15. The molecule has 5 nitrogen and oxygen atoms in total. The standard InChI is InChI=1S/C22H27N3O2S/c1-4-13-25(14-5-2)21(27)17-10-8-11-18(15-17)23-22(28)24-20(26)19-12-7-6-9-16(19)3/h6-12,15H,4-5,13-14H2,1-3H3,(H2,23,24,26,28). The Morgan fingerprint density at radius 1 is 1.00 bits per heavy atom. The van der Waals surface area contributed by atoms with Gasteiger partial charge in [0, 0.05) is 29.9 Å². The van der Waals surface area contributed by atoms with Crippen molar-refractivity contribution in [2.24, 2.45) is 0 Å². The third-order valence-electron chi connectivity index (χ3n) is 4.26. The molecule has 0 aromatic heterocycles. The molecule has 0 aliphatic heterocycles. The molecule has 0 spiro atoms. The molecule has 0 aliphatic carbocycles. The van der Waals surface area contributed by atoms with Gasteiger partial charge in [0.1, 0.15) is 0 Å². The Morgan fingerprint density at radius 3 is 2.32 bits per heavy atom. The molecule has 2 N–H and O–H groups in total. The van der Waals surface area contributed by atoms with Gasteiger partial charge in [0.15, 0.2) is 5.11 Å². The van der Waals surface area contributed by atoms with Gasteiger partial charge in [-0.15, -0.1) is 0 Å². The summed E-state index contributed by atoms with van der Waals surface area (Å²) < 4.78 is 0. The first-order chi connectivity index (χ1) is 13.5. The SMILES string of the molecule is CCCN(CCC)C(=O)c1cccc(NC(=S)NC(=O)c2ccccc2C)c1. The molecule has 0 aliphatic rings. The number of nitrogens with one attached hydrogen (secondary N) is 2. The maximum absolute atomic E-state index is 12.8. The Balaban J connectivity index is 2.05. The zero-order valence-corrected chi connectivity index (χ0v) is 17.4. The molecule has 2 aromatic carbocycles. The fraction of sp³-hybridized carbons (Fsp3) is 0.318. The highest BCUT2D eigenvalue weighted by Crippen LogP contribution is 2.14. The minimum atomic E-state index is -0.264. The molecule has 0 saturated carbocycles. The van der Waals surface area contributed by atoms with Crippen molar-refractivity contribution in [1.82, 2.24) is 10.2 Å². The van der Waals surface area contributed by atoms with Gasteiger partial charge in [0.25, 0.3) is 11.8 Å². The van der Waals surface area contributed by atoms with Crippen LogP contribution in [0.15, 0.2) is 48.5 Å². The van der Waals surface area contributed by atoms with Crippen molar-refractivity contribution in [1.29, 1.82) is 0 Å². The Labute approximate surface area is 172 Å². The normalized spacial score (nSPS) is 10.2. The molecule has 0 atom stereocenters. The van der Waals surface area contributed by atoms with E-state index >= 15 is 0 Å². The van der Waals surface area contributed by atoms with Crippen LogP contribution in [0.1, 0.15) is 53.0 Å². The van der Waals surface area contributed by atoms with Crippen molar-refractivity contribution in [3.63, 3.8) is 0 Å². The van der Waals surface area contributed by atoms with Gasteiger partial charge in [0.05, 0.1) is 0 Å². The van der Waals surface area contributed by atoms with E-state index in [-0.39, 0.29) is 16.9 Å². The van der Waals surface area contributed by atoms with Gasteiger partial charge >= 0.3 is 0 Å². The topological polar surface area (TPSA) is 61.4 Å². The summed E-state index contributed by atoms with van der Waals surface area (Å²) in [7, 11) is 0. The van der Waals surface area contributed by atoms with Crippen molar-refractivity contribution in [3.05, 3.63) is 65.2 Å². The van der Waals surface area contributed by atoms with Crippen LogP contribution >= 0.6 is 12.2 Å². The molecule has 28 heavy (non-hydrogen) atoms. The molecule has 0 unspecified atom stereocenters. The molecule has 0 saturated heterocycles. The lowest BCUT2D eigenvalue weighted by Gasteiger charge is -2.22. The molecular formula is C22H27N3O2S. The number of benzene rings is 2. The number of anilines is 1. The molecule has 148 valence electrons. The third-order valence-corrected chi connectivity index (χ3v) is 4.46. The molecular weight excluding hydrogens is 370 g/mol. The average molecular weight is 398 g/mol. The summed E-state index contributed by atoms with van der Waals surface area (Å²) in [5.74, 6) is -0.262. The van der Waals surface area contributed by atoms with E-state index in [1.54, 1.807) is 24.3 Å². The number of hydrogen-bond acceptors (Lipinski definition) is 3. The van der Waals surface area contributed by atoms with Gasteiger partial charge in [0.2, 0.25) is 0 Å². The first-order valence-corrected chi connectivity index (χ1v) is 9.94. The molecule has 0 heterocycles. The molecule has 0 radical (unpaired) electrons. The minimum absolute atomic E-state index is 0.00205. The number of rotatable bonds is 7. The molecule has 2 amide bonds. The van der Waals surface area contributed by atoms with E-state index in [1.807, 2.05) is 36.1 Å². The van der Waals surface area contributed by atoms with Gasteiger partial charge in [-0.05, 0) is 61.8 Å². The molecule has 2 aromatic rings. The lowest BCUT2D eigenvalue weighted by Crippen LogP contribution is -2.35. The van der Waals surface area contributed by atoms with Crippen LogP contribution < -0.4 is 10.6 Å². The summed E-state index contributed by atoms with van der Waals surface area (Å²) in [6.45, 7) is 7.45. The Bertz CT molecular complexity index is 845. The van der Waals surface area contributed by atoms with Gasteiger partial charge < -0.3 is 10.2 Å². The zero-order valence-electron chi connectivity index (χ0n) is 16.6. The number of carbonyl (C=O) groups is 2. The number of aryl methyl sites for hydroxylation is 1. The van der Waals surface area contributed by atoms with Crippen molar-refractivity contribution in [2.45, 2.75) is 33.6 Å². The van der Waals surface area contributed by atoms with Gasteiger partial charge in [-0.2, -0.15) is 0 Å². The van der Waals surface area contributed by atoms with Crippen LogP contribution in [0.3, 0.4) is 0 Å². The number of carbonyl (C=O) groups excluding carboxylic acids is 2. The highest BCUT2D eigenvalue weighted by atomic mass is 32.1. The van der Waals surface area contributed by atoms with Crippen LogP contribution in [0.25, 0.3) is 0 Å². The smallest absolute Gasteiger partial charge is 0.257 e. The predicted molar refractivity (Wildman–Crippen MR) is 118 cm³/mol. The molecule has 6 heteroatoms. The van der Waals surface area contributed by atoms with E-state index in [1.165, 1.54) is 0 Å². The van der Waals surface area contributed by atoms with Gasteiger partial charge in [-0.3, -0.25) is 14.9 Å². The highest BCUT2D eigenvalue weighted by molar-refractivity contribution is 7.80. The Morgan fingerprint density at radius 2 is 1.68 bits per heavy atom. The van der Waals surface area contributed by atoms with Crippen LogP contribution in [0, 0.1) is 6.92 Å². The monoisotopic (exact) mass is 397 g/mol. The van der Waals surface area contributed by atoms with Crippen LogP contribution in [-0.4, -0.2) is 34.9 Å². The first-order valence-electron chi connectivity index (χ1n) is 9.53. The second kappa shape index (κ2) is 10.6. The Kier molecular flexibility index (Phi) is 8.14. The van der Waals surface area contributed by atoms with E-state index in [9.17, 15) is 9.59 Å². The van der Waals surface area contributed by atoms with Crippen molar-refractivity contribution >= 4 is 34.8 Å². The largest absolute Gasteiger partial charge is 0.339 e. The second-order valence-corrected chi connectivity index (χ2v) is 7.00. The minimum Gasteiger partial charge on any atom is -0.339 e. The third kappa shape index (κ3) is 5.89. The summed E-state index contributed by atoms with van der Waals surface area (Å²) in [5, 5.41) is 5.86. The Hall–Kier alpha value is -2.73. The van der Waals surface area contributed by atoms with Gasteiger partial charge in [-0.1, -0.05) is 38.1 Å². The molecule has 0 fully saturated rings. The molecule has 0 bridgehead atoms. The fourth-order valence-electron chi connectivity index (χ4n) is 2.93. The maximum atomic E-state index is 12.8. The van der Waals surface area contributed by atoms with Crippen LogP contribution in [0.2, 0.25) is 0 Å². The number of nitrogens with zero attached hydrogens (tertiary/aromatic N) is 1. The fourth-order valence-corrected chi connectivity index (χ4v) is 3.14. The van der Waals surface area contributed by atoms with E-state index in [2.05, 4.69) is 24.5 Å². The maximum Gasteiger partial charge on any atom is 0.257 e. The van der Waals surface area contributed by atoms with E-state index in [4.69, 9.17) is 12.2 Å². The predicted octanol–water partition coefficient (Wildman–Crippen LogP) is 4.38. The van der Waals surface area contributed by atoms with E-state index in [0.29, 0.717) is 16.8 Å². The first kappa shape index (κ1) is 21.6. The summed E-state index contributed by atoms with van der Waals surface area (Å²) >= 11 is 5.26. The van der Waals surface area contributed by atoms with Crippen LogP contribution in [0.5, 0.6) is 0 Å². The zero-order chi connectivity index (χ0) is 20.5. The summed E-state index contributed by atoms with van der Waals surface area (Å²) in [6, 6.07) is 14.5. The summed E-state index contributed by atoms with van der Waals surface area (Å²) in [5.41, 5.74) is 2.71. The summed E-state index contributed by atoms with van der Waals surface area (Å²) in [6.07, 6.45) is 1.83. The van der Waals surface area contributed by atoms with Crippen LogP contribution in [-0.2, 0) is 0 Å². The quantitative estimate of drug-likeness (QED) is 0.681. The van der Waals surface area contributed by atoms with Crippen molar-refractivity contribution in [3.8, 4) is 0 Å². The van der Waals surface area contributed by atoms with Crippen LogP contribution in [0.4, 0.5) is 5.69 Å². The number of thiocarbonyl (C=S) groups is 1. The van der Waals surface area contributed by atoms with E-state index < -0.39 is 0 Å². The average Bonchev–Trinajstić information content (AvgIpc) is 2.67. The summed E-state index contributed by atoms with van der Waals surface area (Å²) in [4.78, 5) is 27.0. The number of hydrogen-bond donors (Lipinski definition) is 2. The second-order valence-electron chi connectivity index (χ2n) is 6.60. The number of amides is 2. The lowest BCUT2D eigenvalue weighted by molar-refractivity contribution is 0.0755. The van der Waals surface area contributed by atoms with Gasteiger partial charge in [-0.25, -0.2) is 0 Å².